The highest BCUT2D eigenvalue weighted by molar-refractivity contribution is 5.44. The number of benzene rings is 1. The molecule has 2 heterocycles. The summed E-state index contributed by atoms with van der Waals surface area (Å²) < 4.78 is 16.6. The Morgan fingerprint density at radius 3 is 3.00 bits per heavy atom. The third-order valence-corrected chi connectivity index (χ3v) is 4.37. The molecule has 110 valence electrons. The van der Waals surface area contributed by atoms with Crippen LogP contribution in [0.4, 0.5) is 0 Å². The van der Waals surface area contributed by atoms with Gasteiger partial charge >= 0.3 is 0 Å². The topological polar surface area (TPSA) is 39.7 Å². The number of hydrogen-bond donors (Lipinski definition) is 1. The summed E-state index contributed by atoms with van der Waals surface area (Å²) in [6.45, 7) is 6.45. The first-order valence-corrected chi connectivity index (χ1v) is 7.44. The predicted molar refractivity (Wildman–Crippen MR) is 77.1 cm³/mol. The minimum absolute atomic E-state index is 0.0325. The van der Waals surface area contributed by atoms with Crippen LogP contribution in [0.15, 0.2) is 18.2 Å². The van der Waals surface area contributed by atoms with Crippen molar-refractivity contribution in [3.8, 4) is 11.5 Å². The zero-order chi connectivity index (χ0) is 14.0. The molecular weight excluding hydrogens is 254 g/mol. The number of rotatable bonds is 4. The highest BCUT2D eigenvalue weighted by Gasteiger charge is 2.31. The van der Waals surface area contributed by atoms with Gasteiger partial charge in [0.05, 0.1) is 5.60 Å². The number of ether oxygens (including phenoxy) is 3. The van der Waals surface area contributed by atoms with E-state index in [0.29, 0.717) is 12.8 Å². The molecule has 0 aromatic heterocycles. The monoisotopic (exact) mass is 277 g/mol. The van der Waals surface area contributed by atoms with Crippen molar-refractivity contribution in [3.05, 3.63) is 23.8 Å². The average Bonchev–Trinajstić information content (AvgIpc) is 2.93. The molecule has 1 aromatic rings. The van der Waals surface area contributed by atoms with Gasteiger partial charge in [0.2, 0.25) is 6.79 Å². The molecule has 1 N–H and O–H groups in total. The highest BCUT2D eigenvalue weighted by Crippen LogP contribution is 2.33. The molecule has 2 atom stereocenters. The fourth-order valence-corrected chi connectivity index (χ4v) is 2.86. The fraction of sp³-hybridized carbons (Fsp3) is 0.625. The summed E-state index contributed by atoms with van der Waals surface area (Å²) in [5.74, 6) is 1.70. The van der Waals surface area contributed by atoms with E-state index in [1.54, 1.807) is 0 Å². The van der Waals surface area contributed by atoms with Crippen LogP contribution in [0.1, 0.15) is 38.7 Å². The quantitative estimate of drug-likeness (QED) is 0.918. The van der Waals surface area contributed by atoms with E-state index in [9.17, 15) is 0 Å². The first-order valence-electron chi connectivity index (χ1n) is 7.44. The molecule has 0 saturated carbocycles. The van der Waals surface area contributed by atoms with E-state index in [4.69, 9.17) is 14.2 Å². The van der Waals surface area contributed by atoms with Gasteiger partial charge in [0, 0.05) is 19.2 Å². The van der Waals surface area contributed by atoms with E-state index < -0.39 is 0 Å². The van der Waals surface area contributed by atoms with Crippen LogP contribution in [0.2, 0.25) is 0 Å². The predicted octanol–water partition coefficient (Wildman–Crippen LogP) is 2.85. The lowest BCUT2D eigenvalue weighted by atomic mass is 9.90. The Balaban J connectivity index is 1.57. The van der Waals surface area contributed by atoms with Gasteiger partial charge in [-0.1, -0.05) is 13.0 Å². The van der Waals surface area contributed by atoms with Gasteiger partial charge in [-0.05, 0) is 43.9 Å². The van der Waals surface area contributed by atoms with E-state index in [1.807, 2.05) is 6.07 Å². The largest absolute Gasteiger partial charge is 0.454 e. The molecule has 4 nitrogen and oxygen atoms in total. The Morgan fingerprint density at radius 2 is 2.15 bits per heavy atom. The maximum absolute atomic E-state index is 5.88. The molecule has 1 fully saturated rings. The average molecular weight is 277 g/mol. The lowest BCUT2D eigenvalue weighted by Crippen LogP contribution is -2.44. The molecule has 20 heavy (non-hydrogen) atoms. The summed E-state index contributed by atoms with van der Waals surface area (Å²) >= 11 is 0. The molecule has 0 spiro atoms. The summed E-state index contributed by atoms with van der Waals surface area (Å²) in [5.41, 5.74) is 1.27. The van der Waals surface area contributed by atoms with Gasteiger partial charge in [0.15, 0.2) is 11.5 Å². The molecule has 2 aliphatic rings. The van der Waals surface area contributed by atoms with E-state index in [0.717, 1.165) is 43.9 Å². The van der Waals surface area contributed by atoms with Crippen LogP contribution in [0.25, 0.3) is 0 Å². The van der Waals surface area contributed by atoms with Crippen molar-refractivity contribution in [2.45, 2.75) is 51.3 Å². The second kappa shape index (κ2) is 5.62. The summed E-state index contributed by atoms with van der Waals surface area (Å²) in [4.78, 5) is 0. The van der Waals surface area contributed by atoms with E-state index in [1.165, 1.54) is 5.56 Å². The Labute approximate surface area is 120 Å². The van der Waals surface area contributed by atoms with Crippen LogP contribution in [0, 0.1) is 0 Å². The van der Waals surface area contributed by atoms with Gasteiger partial charge in [-0.25, -0.2) is 0 Å². The second-order valence-electron chi connectivity index (χ2n) is 5.91. The maximum atomic E-state index is 5.88. The number of hydrogen-bond acceptors (Lipinski definition) is 4. The van der Waals surface area contributed by atoms with Gasteiger partial charge in [-0.15, -0.1) is 0 Å². The molecule has 0 bridgehead atoms. The molecule has 2 aliphatic heterocycles. The first-order chi connectivity index (χ1) is 9.68. The Hall–Kier alpha value is -1.26. The Morgan fingerprint density at radius 1 is 1.30 bits per heavy atom. The van der Waals surface area contributed by atoms with Crippen molar-refractivity contribution in [1.29, 1.82) is 0 Å². The number of nitrogens with one attached hydrogen (secondary N) is 1. The molecule has 3 rings (SSSR count). The molecule has 0 amide bonds. The normalized spacial score (nSPS) is 28.6. The first kappa shape index (κ1) is 13.7. The van der Waals surface area contributed by atoms with Gasteiger partial charge in [0.25, 0.3) is 0 Å². The van der Waals surface area contributed by atoms with Crippen LogP contribution in [-0.2, 0) is 11.3 Å². The Kier molecular flexibility index (Phi) is 3.85. The summed E-state index contributed by atoms with van der Waals surface area (Å²) in [7, 11) is 0. The zero-order valence-corrected chi connectivity index (χ0v) is 12.3. The lowest BCUT2D eigenvalue weighted by molar-refractivity contribution is -0.0781. The van der Waals surface area contributed by atoms with Crippen LogP contribution >= 0.6 is 0 Å². The van der Waals surface area contributed by atoms with Crippen molar-refractivity contribution in [2.75, 3.05) is 13.4 Å². The molecule has 0 aliphatic carbocycles. The van der Waals surface area contributed by atoms with Crippen LogP contribution < -0.4 is 14.8 Å². The van der Waals surface area contributed by atoms with E-state index in [-0.39, 0.29) is 5.60 Å². The van der Waals surface area contributed by atoms with Crippen molar-refractivity contribution >= 4 is 0 Å². The smallest absolute Gasteiger partial charge is 0.231 e. The number of fused-ring (bicyclic) bond motifs is 1. The Bertz CT molecular complexity index is 477. The zero-order valence-electron chi connectivity index (χ0n) is 12.3. The summed E-state index contributed by atoms with van der Waals surface area (Å²) in [6.07, 6.45) is 3.23. The van der Waals surface area contributed by atoms with Gasteiger partial charge in [-0.3, -0.25) is 0 Å². The fourth-order valence-electron chi connectivity index (χ4n) is 2.86. The SMILES string of the molecule is CCC1(C)CC(NCc2ccc3c(c2)OCO3)CCO1. The van der Waals surface area contributed by atoms with Crippen molar-refractivity contribution in [2.24, 2.45) is 0 Å². The lowest BCUT2D eigenvalue weighted by Gasteiger charge is -2.38. The maximum Gasteiger partial charge on any atom is 0.231 e. The van der Waals surface area contributed by atoms with E-state index >= 15 is 0 Å². The van der Waals surface area contributed by atoms with Crippen LogP contribution in [0.5, 0.6) is 11.5 Å². The third kappa shape index (κ3) is 2.91. The molecule has 1 aromatic carbocycles. The summed E-state index contributed by atoms with van der Waals surface area (Å²) in [5, 5.41) is 3.64. The van der Waals surface area contributed by atoms with Crippen LogP contribution in [0.3, 0.4) is 0 Å². The summed E-state index contributed by atoms with van der Waals surface area (Å²) in [6, 6.07) is 6.67. The second-order valence-corrected chi connectivity index (χ2v) is 5.91. The van der Waals surface area contributed by atoms with E-state index in [2.05, 4.69) is 31.3 Å². The molecule has 4 heteroatoms. The third-order valence-electron chi connectivity index (χ3n) is 4.37. The highest BCUT2D eigenvalue weighted by atomic mass is 16.7. The minimum atomic E-state index is 0.0325. The standard InChI is InChI=1S/C16H23NO3/c1-3-16(2)9-13(6-7-20-16)17-10-12-4-5-14-15(8-12)19-11-18-14/h4-5,8,13,17H,3,6-7,9-11H2,1-2H3. The van der Waals surface area contributed by atoms with Crippen molar-refractivity contribution < 1.29 is 14.2 Å². The van der Waals surface area contributed by atoms with Crippen molar-refractivity contribution in [1.82, 2.24) is 5.32 Å². The van der Waals surface area contributed by atoms with Gasteiger partial charge in [0.1, 0.15) is 0 Å². The van der Waals surface area contributed by atoms with Gasteiger partial charge in [-0.2, -0.15) is 0 Å². The molecule has 1 saturated heterocycles. The van der Waals surface area contributed by atoms with Crippen molar-refractivity contribution in [3.63, 3.8) is 0 Å². The minimum Gasteiger partial charge on any atom is -0.454 e. The molecule has 2 unspecified atom stereocenters. The molecule has 0 radical (unpaired) electrons. The van der Waals surface area contributed by atoms with Gasteiger partial charge < -0.3 is 19.5 Å². The van der Waals surface area contributed by atoms with Crippen LogP contribution in [-0.4, -0.2) is 25.0 Å². The molecular formula is C16H23NO3.